The summed E-state index contributed by atoms with van der Waals surface area (Å²) in [4.78, 5) is 27.2. The molecule has 4 atom stereocenters. The van der Waals surface area contributed by atoms with Crippen LogP contribution in [-0.2, 0) is 9.59 Å². The quantitative estimate of drug-likeness (QED) is 0.407. The number of fused-ring (bicyclic) bond motifs is 5. The first-order chi connectivity index (χ1) is 10.5. The largest absolute Gasteiger partial charge is 0.274 e. The topological polar surface area (TPSA) is 37.4 Å². The molecule has 0 unspecified atom stereocenters. The van der Waals surface area contributed by atoms with Gasteiger partial charge in [-0.1, -0.05) is 23.3 Å². The highest BCUT2D eigenvalue weighted by Crippen LogP contribution is 2.57. The fourth-order valence-electron chi connectivity index (χ4n) is 4.27. The van der Waals surface area contributed by atoms with Gasteiger partial charge in [-0.25, -0.2) is 4.90 Å². The minimum atomic E-state index is -0.202. The van der Waals surface area contributed by atoms with Crippen molar-refractivity contribution >= 4 is 40.1 Å². The van der Waals surface area contributed by atoms with Gasteiger partial charge in [-0.05, 0) is 60.7 Å². The molecule has 0 aromatic heterocycles. The Bertz CT molecular complexity index is 709. The average molecular weight is 405 g/mol. The van der Waals surface area contributed by atoms with Gasteiger partial charge >= 0.3 is 0 Å². The predicted molar refractivity (Wildman–Crippen MR) is 93.1 cm³/mol. The van der Waals surface area contributed by atoms with E-state index >= 15 is 0 Å². The summed E-state index contributed by atoms with van der Waals surface area (Å²) in [7, 11) is 0. The number of anilines is 1. The fourth-order valence-corrected chi connectivity index (χ4v) is 4.63. The zero-order valence-electron chi connectivity index (χ0n) is 12.4. The number of carbonyl (C=O) groups excluding carboxylic acids is 2. The van der Waals surface area contributed by atoms with E-state index in [1.54, 1.807) is 0 Å². The van der Waals surface area contributed by atoms with Gasteiger partial charge in [-0.3, -0.25) is 9.59 Å². The molecule has 22 heavy (non-hydrogen) atoms. The Kier molecular flexibility index (Phi) is 3.08. The SMILES string of the molecule is CC(C)=C1[C@H]2C=C[C@H]1[C@H]1C(=O)N(c3ccc(I)cc3)C(=O)[C@H]12. The number of halogens is 1. The second-order valence-corrected chi connectivity index (χ2v) is 7.68. The van der Waals surface area contributed by atoms with E-state index in [1.807, 2.05) is 24.3 Å². The van der Waals surface area contributed by atoms with E-state index in [1.165, 1.54) is 16.0 Å². The van der Waals surface area contributed by atoms with Gasteiger partial charge in [0.15, 0.2) is 0 Å². The van der Waals surface area contributed by atoms with E-state index in [0.717, 1.165) is 3.57 Å². The van der Waals surface area contributed by atoms with Crippen LogP contribution in [0.15, 0.2) is 47.6 Å². The maximum atomic E-state index is 12.9. The number of nitrogens with zero attached hydrogens (tertiary/aromatic N) is 1. The number of allylic oxidation sites excluding steroid dienone is 4. The van der Waals surface area contributed by atoms with Gasteiger partial charge in [0.1, 0.15) is 0 Å². The molecule has 1 saturated heterocycles. The highest BCUT2D eigenvalue weighted by Gasteiger charge is 2.61. The molecule has 1 saturated carbocycles. The lowest BCUT2D eigenvalue weighted by Gasteiger charge is -2.19. The minimum absolute atomic E-state index is 0.0354. The van der Waals surface area contributed by atoms with Crippen molar-refractivity contribution in [2.45, 2.75) is 13.8 Å². The van der Waals surface area contributed by atoms with Gasteiger partial charge in [0, 0.05) is 15.4 Å². The van der Waals surface area contributed by atoms with Gasteiger partial charge in [-0.15, -0.1) is 0 Å². The van der Waals surface area contributed by atoms with Crippen LogP contribution in [0, 0.1) is 27.2 Å². The number of carbonyl (C=O) groups is 2. The summed E-state index contributed by atoms with van der Waals surface area (Å²) in [5.74, 6) is -0.243. The molecule has 1 aliphatic heterocycles. The lowest BCUT2D eigenvalue weighted by Crippen LogP contribution is -2.33. The minimum Gasteiger partial charge on any atom is -0.274 e. The van der Waals surface area contributed by atoms with Crippen LogP contribution in [0.3, 0.4) is 0 Å². The predicted octanol–water partition coefficient (Wildman–Crippen LogP) is 3.55. The molecule has 2 amide bonds. The Morgan fingerprint density at radius 2 is 1.45 bits per heavy atom. The molecule has 0 radical (unpaired) electrons. The zero-order valence-corrected chi connectivity index (χ0v) is 14.6. The highest BCUT2D eigenvalue weighted by molar-refractivity contribution is 14.1. The third-order valence-electron chi connectivity index (χ3n) is 5.08. The van der Waals surface area contributed by atoms with Gasteiger partial charge in [-0.2, -0.15) is 0 Å². The van der Waals surface area contributed by atoms with E-state index in [9.17, 15) is 9.59 Å². The van der Waals surface area contributed by atoms with Crippen LogP contribution < -0.4 is 4.90 Å². The molecule has 0 spiro atoms. The second-order valence-electron chi connectivity index (χ2n) is 6.43. The molecular weight excluding hydrogens is 389 g/mol. The van der Waals surface area contributed by atoms with E-state index in [4.69, 9.17) is 0 Å². The van der Waals surface area contributed by atoms with Crippen molar-refractivity contribution in [1.29, 1.82) is 0 Å². The number of imide groups is 1. The summed E-state index contributed by atoms with van der Waals surface area (Å²) in [6, 6.07) is 7.57. The van der Waals surface area contributed by atoms with Crippen molar-refractivity contribution in [2.24, 2.45) is 23.7 Å². The summed E-state index contributed by atoms with van der Waals surface area (Å²) >= 11 is 2.22. The van der Waals surface area contributed by atoms with Crippen molar-refractivity contribution in [3.8, 4) is 0 Å². The molecule has 4 heteroatoms. The average Bonchev–Trinajstić information content (AvgIpc) is 3.11. The van der Waals surface area contributed by atoms with Crippen molar-refractivity contribution in [3.05, 3.63) is 51.1 Å². The molecule has 2 aliphatic carbocycles. The molecule has 2 bridgehead atoms. The fraction of sp³-hybridized carbons (Fsp3) is 0.333. The molecule has 1 aromatic rings. The molecule has 112 valence electrons. The Morgan fingerprint density at radius 3 is 1.91 bits per heavy atom. The first-order valence-corrected chi connectivity index (χ1v) is 8.57. The first-order valence-electron chi connectivity index (χ1n) is 7.49. The number of amides is 2. The molecule has 2 fully saturated rings. The maximum Gasteiger partial charge on any atom is 0.238 e. The third kappa shape index (κ3) is 1.73. The summed E-state index contributed by atoms with van der Waals surface area (Å²) < 4.78 is 1.09. The zero-order chi connectivity index (χ0) is 15.6. The van der Waals surface area contributed by atoms with Gasteiger partial charge in [0.05, 0.1) is 17.5 Å². The molecule has 3 nitrogen and oxygen atoms in total. The monoisotopic (exact) mass is 405 g/mol. The second kappa shape index (κ2) is 4.78. The molecule has 1 aromatic carbocycles. The van der Waals surface area contributed by atoms with Crippen LogP contribution >= 0.6 is 22.6 Å². The smallest absolute Gasteiger partial charge is 0.238 e. The van der Waals surface area contributed by atoms with Crippen molar-refractivity contribution in [3.63, 3.8) is 0 Å². The first kappa shape index (κ1) is 14.2. The van der Waals surface area contributed by atoms with Crippen molar-refractivity contribution < 1.29 is 9.59 Å². The molecule has 4 rings (SSSR count). The normalized spacial score (nSPS) is 32.1. The van der Waals surface area contributed by atoms with E-state index < -0.39 is 0 Å². The van der Waals surface area contributed by atoms with Crippen LogP contribution in [0.2, 0.25) is 0 Å². The van der Waals surface area contributed by atoms with E-state index in [-0.39, 0.29) is 35.5 Å². The van der Waals surface area contributed by atoms with Crippen molar-refractivity contribution in [1.82, 2.24) is 0 Å². The van der Waals surface area contributed by atoms with Crippen LogP contribution in [0.4, 0.5) is 5.69 Å². The Hall–Kier alpha value is -1.43. The Morgan fingerprint density at radius 1 is 0.955 bits per heavy atom. The van der Waals surface area contributed by atoms with Gasteiger partial charge in [0.25, 0.3) is 0 Å². The summed E-state index contributed by atoms with van der Waals surface area (Å²) in [5, 5.41) is 0. The van der Waals surface area contributed by atoms with Crippen molar-refractivity contribution in [2.75, 3.05) is 4.90 Å². The molecular formula is C18H16INO2. The Labute approximate surface area is 143 Å². The maximum absolute atomic E-state index is 12.9. The number of benzene rings is 1. The molecule has 3 aliphatic rings. The molecule has 1 heterocycles. The number of rotatable bonds is 1. The number of hydrogen-bond acceptors (Lipinski definition) is 2. The van der Waals surface area contributed by atoms with Gasteiger partial charge < -0.3 is 0 Å². The highest BCUT2D eigenvalue weighted by atomic mass is 127. The number of hydrogen-bond donors (Lipinski definition) is 0. The third-order valence-corrected chi connectivity index (χ3v) is 5.80. The van der Waals surface area contributed by atoms with E-state index in [2.05, 4.69) is 48.6 Å². The van der Waals surface area contributed by atoms with Crippen LogP contribution in [0.25, 0.3) is 0 Å². The van der Waals surface area contributed by atoms with Crippen LogP contribution in [0.1, 0.15) is 13.8 Å². The summed E-state index contributed by atoms with van der Waals surface area (Å²) in [5.41, 5.74) is 3.23. The standard InChI is InChI=1S/C18H16INO2/c1-9(2)14-12-7-8-13(14)16-15(12)17(21)20(18(16)22)11-5-3-10(19)4-6-11/h3-8,12-13,15-16H,1-2H3/t12-,13-,15-,16+/m1/s1. The summed E-state index contributed by atoms with van der Waals surface area (Å²) in [6.07, 6.45) is 4.24. The lowest BCUT2D eigenvalue weighted by atomic mass is 9.85. The summed E-state index contributed by atoms with van der Waals surface area (Å²) in [6.45, 7) is 4.16. The molecule has 0 N–H and O–H groups in total. The Balaban J connectivity index is 1.76. The van der Waals surface area contributed by atoms with Crippen LogP contribution in [-0.4, -0.2) is 11.8 Å². The lowest BCUT2D eigenvalue weighted by molar-refractivity contribution is -0.122. The van der Waals surface area contributed by atoms with E-state index in [0.29, 0.717) is 5.69 Å². The van der Waals surface area contributed by atoms with Crippen LogP contribution in [0.5, 0.6) is 0 Å². The van der Waals surface area contributed by atoms with Gasteiger partial charge in [0.2, 0.25) is 11.8 Å².